The molecule has 5 rings (SSSR count). The highest BCUT2D eigenvalue weighted by Gasteiger charge is 2.20. The topological polar surface area (TPSA) is 81.7 Å². The quantitative estimate of drug-likeness (QED) is 0.461. The van der Waals surface area contributed by atoms with Gasteiger partial charge < -0.3 is 16.0 Å². The molecule has 7 heteroatoms. The number of fused-ring (bicyclic) bond motifs is 1. The van der Waals surface area contributed by atoms with E-state index in [4.69, 9.17) is 4.99 Å². The smallest absolute Gasteiger partial charge is 0.255 e. The molecule has 2 aliphatic heterocycles. The molecule has 35 heavy (non-hydrogen) atoms. The molecule has 3 N–H and O–H groups in total. The first-order valence-corrected chi connectivity index (χ1v) is 12.4. The van der Waals surface area contributed by atoms with Crippen LogP contribution in [0.5, 0.6) is 0 Å². The summed E-state index contributed by atoms with van der Waals surface area (Å²) in [5.41, 5.74) is 6.60. The Hall–Kier alpha value is -3.55. The van der Waals surface area contributed by atoms with Crippen molar-refractivity contribution in [1.29, 1.82) is 0 Å². The summed E-state index contributed by atoms with van der Waals surface area (Å²) in [4.78, 5) is 24.8. The highest BCUT2D eigenvalue weighted by Crippen LogP contribution is 2.36. The fourth-order valence-corrected chi connectivity index (χ4v) is 4.53. The maximum absolute atomic E-state index is 13.0. The lowest BCUT2D eigenvalue weighted by atomic mass is 10.0. The predicted molar refractivity (Wildman–Crippen MR) is 142 cm³/mol. The van der Waals surface area contributed by atoms with E-state index in [-0.39, 0.29) is 5.91 Å². The Bertz CT molecular complexity index is 1210. The summed E-state index contributed by atoms with van der Waals surface area (Å²) in [6.45, 7) is 8.11. The minimum absolute atomic E-state index is 0.120. The summed E-state index contributed by atoms with van der Waals surface area (Å²) < 4.78 is 0. The number of carbonyl (C=O) groups excluding carboxylic acids is 1. The van der Waals surface area contributed by atoms with Gasteiger partial charge in [0.25, 0.3) is 5.91 Å². The highest BCUT2D eigenvalue weighted by atomic mass is 16.1. The first-order chi connectivity index (χ1) is 17.2. The molecular weight excluding hydrogens is 436 g/mol. The predicted octanol–water partition coefficient (Wildman–Crippen LogP) is 4.24. The molecule has 0 saturated carbocycles. The van der Waals surface area contributed by atoms with Crippen molar-refractivity contribution in [1.82, 2.24) is 15.2 Å². The Kier molecular flexibility index (Phi) is 7.16. The molecule has 1 aromatic heterocycles. The summed E-state index contributed by atoms with van der Waals surface area (Å²) in [5.74, 6) is 0.739. The van der Waals surface area contributed by atoms with Gasteiger partial charge in [-0.15, -0.1) is 0 Å². The van der Waals surface area contributed by atoms with E-state index in [9.17, 15) is 4.79 Å². The number of nitrogens with zero attached hydrogens (tertiary/aromatic N) is 3. The molecule has 0 radical (unpaired) electrons. The molecule has 1 amide bonds. The summed E-state index contributed by atoms with van der Waals surface area (Å²) in [6.07, 6.45) is 3.59. The number of nitrogens with one attached hydrogen (secondary N) is 3. The van der Waals surface area contributed by atoms with Gasteiger partial charge in [0.1, 0.15) is 5.82 Å². The molecule has 180 valence electrons. The summed E-state index contributed by atoms with van der Waals surface area (Å²) >= 11 is 0. The Morgan fingerprint density at radius 2 is 1.91 bits per heavy atom. The van der Waals surface area contributed by atoms with E-state index in [1.54, 1.807) is 0 Å². The first kappa shape index (κ1) is 23.2. The number of aliphatic imine (C=N–C) groups is 1. The van der Waals surface area contributed by atoms with Crippen molar-refractivity contribution in [2.45, 2.75) is 26.3 Å². The number of anilines is 2. The molecule has 2 aromatic carbocycles. The molecule has 1 fully saturated rings. The zero-order chi connectivity index (χ0) is 24.0. The van der Waals surface area contributed by atoms with E-state index in [1.165, 1.54) is 5.56 Å². The molecule has 0 aliphatic carbocycles. The van der Waals surface area contributed by atoms with E-state index in [0.717, 1.165) is 86.1 Å². The van der Waals surface area contributed by atoms with Crippen molar-refractivity contribution in [3.8, 4) is 0 Å². The van der Waals surface area contributed by atoms with Gasteiger partial charge >= 0.3 is 0 Å². The third-order valence-corrected chi connectivity index (χ3v) is 6.45. The maximum atomic E-state index is 13.0. The minimum atomic E-state index is -0.120. The standard InChI is InChI=1S/C28H32N6O/c1-2-11-30-26-18-22(10-12-31-26)25-17-23-4-3-5-24(27(23)32-25)33-28(35)21-8-6-20(7-9-21)19-34-15-13-29-14-16-34/h3-10,12,18,29H,2,11,13-17,19H2,1H3,(H,30,31)(H,33,35). The number of piperazine rings is 1. The minimum Gasteiger partial charge on any atom is -0.370 e. The van der Waals surface area contributed by atoms with E-state index in [1.807, 2.05) is 42.6 Å². The summed E-state index contributed by atoms with van der Waals surface area (Å²) in [5, 5.41) is 9.79. The number of hydrogen-bond donors (Lipinski definition) is 3. The number of hydrogen-bond acceptors (Lipinski definition) is 6. The van der Waals surface area contributed by atoms with Gasteiger partial charge in [-0.25, -0.2) is 9.98 Å². The number of rotatable bonds is 8. The van der Waals surface area contributed by atoms with Crippen molar-refractivity contribution in [2.24, 2.45) is 4.99 Å². The molecule has 3 heterocycles. The zero-order valence-electron chi connectivity index (χ0n) is 20.2. The molecule has 2 aliphatic rings. The highest BCUT2D eigenvalue weighted by molar-refractivity contribution is 6.11. The molecule has 0 unspecified atom stereocenters. The van der Waals surface area contributed by atoms with Gasteiger partial charge in [0, 0.05) is 63.0 Å². The number of carbonyl (C=O) groups is 1. The van der Waals surface area contributed by atoms with E-state index >= 15 is 0 Å². The number of pyridine rings is 1. The molecule has 1 saturated heterocycles. The maximum Gasteiger partial charge on any atom is 0.255 e. The van der Waals surface area contributed by atoms with Crippen LogP contribution in [-0.2, 0) is 13.0 Å². The molecule has 7 nitrogen and oxygen atoms in total. The lowest BCUT2D eigenvalue weighted by Gasteiger charge is -2.27. The van der Waals surface area contributed by atoms with Crippen molar-refractivity contribution >= 4 is 28.8 Å². The average Bonchev–Trinajstić information content (AvgIpc) is 3.34. The normalized spacial score (nSPS) is 15.4. The second-order valence-corrected chi connectivity index (χ2v) is 9.08. The van der Waals surface area contributed by atoms with Crippen LogP contribution in [0.15, 0.2) is 65.8 Å². The van der Waals surface area contributed by atoms with Crippen LogP contribution in [0.2, 0.25) is 0 Å². The second kappa shape index (κ2) is 10.8. The van der Waals surface area contributed by atoms with Crippen LogP contribution in [0.1, 0.15) is 40.4 Å². The second-order valence-electron chi connectivity index (χ2n) is 9.08. The number of aromatic nitrogens is 1. The molecular formula is C28H32N6O. The monoisotopic (exact) mass is 468 g/mol. The van der Waals surface area contributed by atoms with Crippen molar-refractivity contribution in [3.63, 3.8) is 0 Å². The van der Waals surface area contributed by atoms with Crippen molar-refractivity contribution < 1.29 is 4.79 Å². The van der Waals surface area contributed by atoms with Crippen LogP contribution in [0.3, 0.4) is 0 Å². The van der Waals surface area contributed by atoms with Gasteiger partial charge in [0.15, 0.2) is 0 Å². The zero-order valence-corrected chi connectivity index (χ0v) is 20.2. The van der Waals surface area contributed by atoms with Gasteiger partial charge in [-0.3, -0.25) is 9.69 Å². The average molecular weight is 469 g/mol. The van der Waals surface area contributed by atoms with Gasteiger partial charge in [0.2, 0.25) is 0 Å². The Labute approximate surface area is 206 Å². The lowest BCUT2D eigenvalue weighted by molar-refractivity contribution is 0.102. The van der Waals surface area contributed by atoms with Crippen LogP contribution in [0.4, 0.5) is 17.2 Å². The Balaban J connectivity index is 1.28. The van der Waals surface area contributed by atoms with Gasteiger partial charge in [-0.05, 0) is 47.9 Å². The van der Waals surface area contributed by atoms with Gasteiger partial charge in [-0.1, -0.05) is 31.2 Å². The third-order valence-electron chi connectivity index (χ3n) is 6.45. The summed E-state index contributed by atoms with van der Waals surface area (Å²) in [7, 11) is 0. The van der Waals surface area contributed by atoms with Gasteiger partial charge in [-0.2, -0.15) is 0 Å². The lowest BCUT2D eigenvalue weighted by Crippen LogP contribution is -2.42. The van der Waals surface area contributed by atoms with Crippen LogP contribution in [0, 0.1) is 0 Å². The number of amides is 1. The number of para-hydroxylation sites is 1. The van der Waals surface area contributed by atoms with E-state index in [0.29, 0.717) is 5.56 Å². The van der Waals surface area contributed by atoms with Crippen LogP contribution < -0.4 is 16.0 Å². The first-order valence-electron chi connectivity index (χ1n) is 12.4. The van der Waals surface area contributed by atoms with Crippen molar-refractivity contribution in [3.05, 3.63) is 83.0 Å². The van der Waals surface area contributed by atoms with E-state index < -0.39 is 0 Å². The SMILES string of the molecule is CCCNc1cc(C2=Nc3c(cccc3NC(=O)c3ccc(CN4CCNCC4)cc3)C2)ccn1. The fourth-order valence-electron chi connectivity index (χ4n) is 4.53. The van der Waals surface area contributed by atoms with Crippen LogP contribution >= 0.6 is 0 Å². The Morgan fingerprint density at radius 3 is 2.71 bits per heavy atom. The molecule has 0 spiro atoms. The Morgan fingerprint density at radius 1 is 1.09 bits per heavy atom. The largest absolute Gasteiger partial charge is 0.370 e. The molecule has 3 aromatic rings. The fraction of sp³-hybridized carbons (Fsp3) is 0.321. The van der Waals surface area contributed by atoms with Gasteiger partial charge in [0.05, 0.1) is 17.1 Å². The van der Waals surface area contributed by atoms with Crippen molar-refractivity contribution in [2.75, 3.05) is 43.4 Å². The molecule has 0 atom stereocenters. The van der Waals surface area contributed by atoms with Crippen LogP contribution in [-0.4, -0.2) is 54.2 Å². The number of benzene rings is 2. The van der Waals surface area contributed by atoms with E-state index in [2.05, 4.69) is 51.0 Å². The van der Waals surface area contributed by atoms with Crippen LogP contribution in [0.25, 0.3) is 0 Å². The summed E-state index contributed by atoms with van der Waals surface area (Å²) in [6, 6.07) is 17.9. The third kappa shape index (κ3) is 5.58. The molecule has 0 bridgehead atoms.